The van der Waals surface area contributed by atoms with Gasteiger partial charge in [-0.1, -0.05) is 0 Å². The van der Waals surface area contributed by atoms with Crippen molar-refractivity contribution in [2.45, 2.75) is 39.7 Å². The van der Waals surface area contributed by atoms with Gasteiger partial charge in [0.1, 0.15) is 0 Å². The number of rotatable bonds is 10. The van der Waals surface area contributed by atoms with E-state index in [1.807, 2.05) is 0 Å². The van der Waals surface area contributed by atoms with Crippen LogP contribution in [0, 0.1) is 5.92 Å². The maximum Gasteiger partial charge on any atom is 0.193 e. The number of guanidine groups is 1. The highest BCUT2D eigenvalue weighted by Gasteiger charge is 2.21. The van der Waals surface area contributed by atoms with E-state index in [1.54, 1.807) is 0 Å². The lowest BCUT2D eigenvalue weighted by Gasteiger charge is -2.23. The van der Waals surface area contributed by atoms with Gasteiger partial charge in [0.15, 0.2) is 5.96 Å². The lowest BCUT2D eigenvalue weighted by atomic mass is 10.3. The predicted molar refractivity (Wildman–Crippen MR) is 89.9 cm³/mol. The highest BCUT2D eigenvalue weighted by molar-refractivity contribution is 5.79. The van der Waals surface area contributed by atoms with Crippen molar-refractivity contribution in [1.82, 2.24) is 15.1 Å². The number of ether oxygens (including phenoxy) is 1. The zero-order chi connectivity index (χ0) is 15.7. The molecule has 0 heterocycles. The quantitative estimate of drug-likeness (QED) is 0.378. The molecule has 124 valence electrons. The van der Waals surface area contributed by atoms with Crippen LogP contribution in [-0.2, 0) is 4.74 Å². The van der Waals surface area contributed by atoms with Gasteiger partial charge in [-0.25, -0.2) is 0 Å². The minimum absolute atomic E-state index is 0.566. The number of likely N-dealkylation sites (N-methyl/N-ethyl adjacent to an activating group) is 2. The van der Waals surface area contributed by atoms with Gasteiger partial charge in [-0.2, -0.15) is 0 Å². The first-order valence-corrected chi connectivity index (χ1v) is 8.32. The third-order valence-electron chi connectivity index (χ3n) is 3.91. The Hall–Kier alpha value is -0.810. The highest BCUT2D eigenvalue weighted by atomic mass is 16.5. The molecule has 0 aromatic rings. The molecule has 0 aromatic carbocycles. The fourth-order valence-corrected chi connectivity index (χ4v) is 1.88. The molecule has 1 saturated carbocycles. The van der Waals surface area contributed by atoms with Crippen LogP contribution in [0.3, 0.4) is 0 Å². The molecule has 5 heteroatoms. The van der Waals surface area contributed by atoms with E-state index in [4.69, 9.17) is 9.73 Å². The summed E-state index contributed by atoms with van der Waals surface area (Å²) >= 11 is 0. The Morgan fingerprint density at radius 2 is 2.00 bits per heavy atom. The van der Waals surface area contributed by atoms with Crippen molar-refractivity contribution >= 4 is 5.96 Å². The van der Waals surface area contributed by atoms with Crippen molar-refractivity contribution < 1.29 is 4.74 Å². The zero-order valence-electron chi connectivity index (χ0n) is 14.6. The van der Waals surface area contributed by atoms with E-state index in [2.05, 4.69) is 50.0 Å². The van der Waals surface area contributed by atoms with Gasteiger partial charge in [0, 0.05) is 39.3 Å². The normalized spacial score (nSPS) is 15.9. The first kappa shape index (κ1) is 18.2. The monoisotopic (exact) mass is 298 g/mol. The Bertz CT molecular complexity index is 303. The summed E-state index contributed by atoms with van der Waals surface area (Å²) in [5, 5.41) is 3.35. The maximum absolute atomic E-state index is 5.70. The molecule has 5 nitrogen and oxygen atoms in total. The second-order valence-corrected chi connectivity index (χ2v) is 6.25. The molecule has 0 aromatic heterocycles. The van der Waals surface area contributed by atoms with E-state index in [9.17, 15) is 0 Å². The first-order valence-electron chi connectivity index (χ1n) is 8.32. The smallest absolute Gasteiger partial charge is 0.193 e. The number of nitrogens with one attached hydrogen (secondary N) is 1. The molecule has 1 fully saturated rings. The Kier molecular flexibility index (Phi) is 8.69. The van der Waals surface area contributed by atoms with Crippen LogP contribution in [0.5, 0.6) is 0 Å². The highest BCUT2D eigenvalue weighted by Crippen LogP contribution is 2.28. The summed E-state index contributed by atoms with van der Waals surface area (Å²) in [6.45, 7) is 11.8. The summed E-state index contributed by atoms with van der Waals surface area (Å²) in [5.74, 6) is 1.81. The molecular formula is C16H34N4O. The van der Waals surface area contributed by atoms with E-state index in [-0.39, 0.29) is 0 Å². The second-order valence-electron chi connectivity index (χ2n) is 6.25. The van der Waals surface area contributed by atoms with Crippen molar-refractivity contribution in [3.05, 3.63) is 0 Å². The average molecular weight is 298 g/mol. The van der Waals surface area contributed by atoms with E-state index >= 15 is 0 Å². The largest absolute Gasteiger partial charge is 0.379 e. The minimum atomic E-state index is 0.566. The van der Waals surface area contributed by atoms with Gasteiger partial charge in [0.25, 0.3) is 0 Å². The maximum atomic E-state index is 5.70. The lowest BCUT2D eigenvalue weighted by Crippen LogP contribution is -2.41. The SMILES string of the molecule is CCNC(=NCCN(C)C(C)C)N(C)CCOCC1CC1. The molecule has 0 amide bonds. The Balaban J connectivity index is 2.27. The molecule has 1 aliphatic carbocycles. The van der Waals surface area contributed by atoms with Crippen molar-refractivity contribution in [2.75, 3.05) is 53.5 Å². The Morgan fingerprint density at radius 1 is 1.29 bits per heavy atom. The van der Waals surface area contributed by atoms with Crippen LogP contribution in [0.2, 0.25) is 0 Å². The molecular weight excluding hydrogens is 264 g/mol. The molecule has 0 atom stereocenters. The van der Waals surface area contributed by atoms with Crippen molar-refractivity contribution in [1.29, 1.82) is 0 Å². The van der Waals surface area contributed by atoms with Gasteiger partial charge in [0.05, 0.1) is 13.2 Å². The third-order valence-corrected chi connectivity index (χ3v) is 3.91. The molecule has 0 spiro atoms. The number of nitrogens with zero attached hydrogens (tertiary/aromatic N) is 3. The Labute approximate surface area is 130 Å². The van der Waals surface area contributed by atoms with Crippen molar-refractivity contribution in [3.8, 4) is 0 Å². The van der Waals surface area contributed by atoms with Gasteiger partial charge >= 0.3 is 0 Å². The molecule has 1 rings (SSSR count). The molecule has 0 bridgehead atoms. The molecule has 0 aliphatic heterocycles. The van der Waals surface area contributed by atoms with Gasteiger partial charge in [-0.15, -0.1) is 0 Å². The van der Waals surface area contributed by atoms with Crippen LogP contribution >= 0.6 is 0 Å². The van der Waals surface area contributed by atoms with Crippen LogP contribution in [0.4, 0.5) is 0 Å². The van der Waals surface area contributed by atoms with Crippen LogP contribution in [-0.4, -0.2) is 75.3 Å². The summed E-state index contributed by atoms with van der Waals surface area (Å²) in [4.78, 5) is 9.17. The first-order chi connectivity index (χ1) is 10.0. The summed E-state index contributed by atoms with van der Waals surface area (Å²) in [7, 11) is 4.22. The van der Waals surface area contributed by atoms with E-state index in [0.29, 0.717) is 6.04 Å². The topological polar surface area (TPSA) is 40.1 Å². The molecule has 0 radical (unpaired) electrons. The molecule has 1 aliphatic rings. The zero-order valence-corrected chi connectivity index (χ0v) is 14.6. The van der Waals surface area contributed by atoms with Crippen LogP contribution < -0.4 is 5.32 Å². The lowest BCUT2D eigenvalue weighted by molar-refractivity contribution is 0.115. The average Bonchev–Trinajstić information content (AvgIpc) is 3.26. The standard InChI is InChI=1S/C16H34N4O/c1-6-17-16(18-9-10-19(4)14(2)3)20(5)11-12-21-13-15-7-8-15/h14-15H,6-13H2,1-5H3,(H,17,18). The van der Waals surface area contributed by atoms with Crippen molar-refractivity contribution in [2.24, 2.45) is 10.9 Å². The summed E-state index contributed by atoms with van der Waals surface area (Å²) in [6, 6.07) is 0.566. The molecule has 1 N–H and O–H groups in total. The van der Waals surface area contributed by atoms with Gasteiger partial charge < -0.3 is 19.9 Å². The summed E-state index contributed by atoms with van der Waals surface area (Å²) < 4.78 is 5.70. The fourth-order valence-electron chi connectivity index (χ4n) is 1.88. The van der Waals surface area contributed by atoms with Crippen LogP contribution in [0.1, 0.15) is 33.6 Å². The minimum Gasteiger partial charge on any atom is -0.379 e. The van der Waals surface area contributed by atoms with E-state index < -0.39 is 0 Å². The predicted octanol–water partition coefficient (Wildman–Crippen LogP) is 1.65. The second kappa shape index (κ2) is 10.0. The third kappa shape index (κ3) is 8.27. The van der Waals surface area contributed by atoms with E-state index in [1.165, 1.54) is 12.8 Å². The number of hydrogen-bond acceptors (Lipinski definition) is 3. The number of aliphatic imine (C=N–C) groups is 1. The van der Waals surface area contributed by atoms with E-state index in [0.717, 1.165) is 51.3 Å². The van der Waals surface area contributed by atoms with Gasteiger partial charge in [-0.05, 0) is 46.6 Å². The van der Waals surface area contributed by atoms with Gasteiger partial charge in [0.2, 0.25) is 0 Å². The number of hydrogen-bond donors (Lipinski definition) is 1. The molecule has 0 unspecified atom stereocenters. The fraction of sp³-hybridized carbons (Fsp3) is 0.938. The van der Waals surface area contributed by atoms with Crippen LogP contribution in [0.25, 0.3) is 0 Å². The summed E-state index contributed by atoms with van der Waals surface area (Å²) in [5.41, 5.74) is 0. The molecule has 21 heavy (non-hydrogen) atoms. The van der Waals surface area contributed by atoms with Crippen molar-refractivity contribution in [3.63, 3.8) is 0 Å². The molecule has 0 saturated heterocycles. The summed E-state index contributed by atoms with van der Waals surface area (Å²) in [6.07, 6.45) is 2.70. The Morgan fingerprint density at radius 3 is 2.57 bits per heavy atom. The van der Waals surface area contributed by atoms with Gasteiger partial charge in [-0.3, -0.25) is 4.99 Å². The van der Waals surface area contributed by atoms with Crippen LogP contribution in [0.15, 0.2) is 4.99 Å².